The molecule has 0 unspecified atom stereocenters. The van der Waals surface area contributed by atoms with Gasteiger partial charge in [0, 0.05) is 17.3 Å². The molecule has 3 aromatic heterocycles. The Morgan fingerprint density at radius 1 is 1.27 bits per heavy atom. The second-order valence-electron chi connectivity index (χ2n) is 3.18. The lowest BCUT2D eigenvalue weighted by atomic mass is 10.3. The Morgan fingerprint density at radius 3 is 2.93 bits per heavy atom. The van der Waals surface area contributed by atoms with Crippen LogP contribution in [-0.2, 0) is 0 Å². The van der Waals surface area contributed by atoms with Gasteiger partial charge in [0.15, 0.2) is 0 Å². The Hall–Kier alpha value is -2.30. The second-order valence-corrected chi connectivity index (χ2v) is 3.18. The third-order valence-electron chi connectivity index (χ3n) is 2.23. The topological polar surface area (TPSA) is 80.7 Å². The number of rotatable bonds is 1. The van der Waals surface area contributed by atoms with Crippen LogP contribution in [0.25, 0.3) is 22.6 Å². The molecular formula is C10H8N4O. The van der Waals surface area contributed by atoms with E-state index in [-0.39, 0.29) is 0 Å². The van der Waals surface area contributed by atoms with E-state index in [2.05, 4.69) is 15.0 Å². The molecule has 0 bridgehead atoms. The summed E-state index contributed by atoms with van der Waals surface area (Å²) < 4.78 is 5.18. The van der Waals surface area contributed by atoms with Crippen molar-refractivity contribution >= 4 is 16.7 Å². The molecule has 0 amide bonds. The minimum absolute atomic E-state index is 0.535. The molecule has 0 fully saturated rings. The molecule has 3 aromatic rings. The lowest BCUT2D eigenvalue weighted by Crippen LogP contribution is -1.85. The van der Waals surface area contributed by atoms with Gasteiger partial charge >= 0.3 is 0 Å². The molecule has 15 heavy (non-hydrogen) atoms. The van der Waals surface area contributed by atoms with Crippen LogP contribution in [-0.4, -0.2) is 15.0 Å². The van der Waals surface area contributed by atoms with Gasteiger partial charge in [-0.2, -0.15) is 0 Å². The molecule has 0 spiro atoms. The highest BCUT2D eigenvalue weighted by Gasteiger charge is 2.08. The lowest BCUT2D eigenvalue weighted by Gasteiger charge is -1.91. The zero-order valence-electron chi connectivity index (χ0n) is 7.77. The van der Waals surface area contributed by atoms with Gasteiger partial charge in [-0.15, -0.1) is 0 Å². The number of nitrogens with one attached hydrogen (secondary N) is 1. The van der Waals surface area contributed by atoms with Gasteiger partial charge in [-0.05, 0) is 12.1 Å². The van der Waals surface area contributed by atoms with Crippen molar-refractivity contribution in [2.24, 2.45) is 0 Å². The number of fused-ring (bicyclic) bond motifs is 1. The van der Waals surface area contributed by atoms with Crippen molar-refractivity contribution in [3.63, 3.8) is 0 Å². The Balaban J connectivity index is 2.27. The summed E-state index contributed by atoms with van der Waals surface area (Å²) >= 11 is 0. The molecule has 3 N–H and O–H groups in total. The largest absolute Gasteiger partial charge is 0.443 e. The summed E-state index contributed by atoms with van der Waals surface area (Å²) in [5, 5.41) is 0.880. The average Bonchev–Trinajstić information content (AvgIpc) is 2.86. The number of pyridine rings is 1. The number of nitrogens with two attached hydrogens (primary N) is 1. The molecule has 3 rings (SSSR count). The van der Waals surface area contributed by atoms with E-state index in [1.54, 1.807) is 18.5 Å². The van der Waals surface area contributed by atoms with Crippen LogP contribution in [0.5, 0.6) is 0 Å². The summed E-state index contributed by atoms with van der Waals surface area (Å²) in [5.74, 6) is 0.535. The van der Waals surface area contributed by atoms with E-state index in [0.29, 0.717) is 11.6 Å². The molecular weight excluding hydrogens is 192 g/mol. The van der Waals surface area contributed by atoms with E-state index < -0.39 is 0 Å². The summed E-state index contributed by atoms with van der Waals surface area (Å²) in [6.07, 6.45) is 4.78. The van der Waals surface area contributed by atoms with E-state index in [1.807, 2.05) is 6.07 Å². The van der Waals surface area contributed by atoms with Gasteiger partial charge in [0.25, 0.3) is 0 Å². The van der Waals surface area contributed by atoms with Crippen molar-refractivity contribution in [1.82, 2.24) is 15.0 Å². The highest BCUT2D eigenvalue weighted by atomic mass is 16.3. The number of nitrogens with zero attached hydrogens (tertiary/aromatic N) is 2. The zero-order chi connectivity index (χ0) is 10.3. The van der Waals surface area contributed by atoms with Crippen molar-refractivity contribution in [3.8, 4) is 11.6 Å². The normalized spacial score (nSPS) is 10.9. The molecule has 0 aromatic carbocycles. The van der Waals surface area contributed by atoms with Crippen LogP contribution in [0.2, 0.25) is 0 Å². The Labute approximate surface area is 85.0 Å². The molecule has 0 aliphatic heterocycles. The monoisotopic (exact) mass is 200 g/mol. The van der Waals surface area contributed by atoms with Crippen LogP contribution in [0.4, 0.5) is 5.69 Å². The zero-order valence-corrected chi connectivity index (χ0v) is 7.77. The number of aromatic nitrogens is 3. The third-order valence-corrected chi connectivity index (χ3v) is 2.23. The number of H-pyrrole nitrogens is 1. The van der Waals surface area contributed by atoms with Crippen LogP contribution in [0, 0.1) is 0 Å². The van der Waals surface area contributed by atoms with Crippen molar-refractivity contribution in [2.75, 3.05) is 5.73 Å². The van der Waals surface area contributed by atoms with Gasteiger partial charge in [0.05, 0.1) is 6.20 Å². The first-order valence-electron chi connectivity index (χ1n) is 4.47. The number of aromatic amines is 1. The van der Waals surface area contributed by atoms with Crippen molar-refractivity contribution in [1.29, 1.82) is 0 Å². The Bertz CT molecular complexity index is 597. The molecule has 5 heteroatoms. The first-order chi connectivity index (χ1) is 7.34. The van der Waals surface area contributed by atoms with E-state index in [4.69, 9.17) is 10.2 Å². The summed E-state index contributed by atoms with van der Waals surface area (Å²) in [4.78, 5) is 11.3. The quantitative estimate of drug-likeness (QED) is 0.627. The average molecular weight is 200 g/mol. The fraction of sp³-hybridized carbons (Fsp3) is 0. The Kier molecular flexibility index (Phi) is 1.53. The molecule has 0 saturated heterocycles. The van der Waals surface area contributed by atoms with Crippen LogP contribution in [0.15, 0.2) is 35.2 Å². The standard InChI is InChI=1S/C10H8N4O/c11-7-1-2-12-9-6(7)5-8(14-9)10-13-3-4-15-10/h1-5H,(H3,11,12,14). The van der Waals surface area contributed by atoms with Crippen molar-refractivity contribution in [3.05, 3.63) is 30.8 Å². The summed E-state index contributed by atoms with van der Waals surface area (Å²) in [6.45, 7) is 0. The maximum atomic E-state index is 5.81. The second kappa shape index (κ2) is 2.84. The van der Waals surface area contributed by atoms with Crippen molar-refractivity contribution in [2.45, 2.75) is 0 Å². The Morgan fingerprint density at radius 2 is 2.20 bits per heavy atom. The van der Waals surface area contributed by atoms with Gasteiger partial charge in [0.2, 0.25) is 5.89 Å². The first-order valence-corrected chi connectivity index (χ1v) is 4.47. The molecule has 5 nitrogen and oxygen atoms in total. The smallest absolute Gasteiger partial charge is 0.242 e. The van der Waals surface area contributed by atoms with Gasteiger partial charge in [0.1, 0.15) is 17.6 Å². The molecule has 0 aliphatic carbocycles. The van der Waals surface area contributed by atoms with E-state index in [9.17, 15) is 0 Å². The van der Waals surface area contributed by atoms with Crippen LogP contribution < -0.4 is 5.73 Å². The number of hydrogen-bond acceptors (Lipinski definition) is 4. The number of oxazole rings is 1. The van der Waals surface area contributed by atoms with Crippen LogP contribution >= 0.6 is 0 Å². The maximum absolute atomic E-state index is 5.81. The molecule has 0 aliphatic rings. The number of anilines is 1. The predicted molar refractivity (Wildman–Crippen MR) is 56.0 cm³/mol. The predicted octanol–water partition coefficient (Wildman–Crippen LogP) is 1.80. The summed E-state index contributed by atoms with van der Waals surface area (Å²) in [6, 6.07) is 3.64. The number of nitrogen functional groups attached to an aromatic ring is 1. The minimum Gasteiger partial charge on any atom is -0.443 e. The highest BCUT2D eigenvalue weighted by Crippen LogP contribution is 2.24. The fourth-order valence-corrected chi connectivity index (χ4v) is 1.52. The molecule has 74 valence electrons. The molecule has 0 radical (unpaired) electrons. The summed E-state index contributed by atoms with van der Waals surface area (Å²) in [7, 11) is 0. The first kappa shape index (κ1) is 8.05. The van der Waals surface area contributed by atoms with Gasteiger partial charge in [-0.1, -0.05) is 0 Å². The third kappa shape index (κ3) is 1.17. The number of hydrogen-bond donors (Lipinski definition) is 2. The van der Waals surface area contributed by atoms with E-state index >= 15 is 0 Å². The van der Waals surface area contributed by atoms with Gasteiger partial charge in [-0.25, -0.2) is 9.97 Å². The van der Waals surface area contributed by atoms with Crippen molar-refractivity contribution < 1.29 is 4.42 Å². The minimum atomic E-state index is 0.535. The lowest BCUT2D eigenvalue weighted by molar-refractivity contribution is 0.572. The van der Waals surface area contributed by atoms with Gasteiger partial charge in [-0.3, -0.25) is 0 Å². The fourth-order valence-electron chi connectivity index (χ4n) is 1.52. The maximum Gasteiger partial charge on any atom is 0.242 e. The molecule has 0 atom stereocenters. The molecule has 3 heterocycles. The van der Waals surface area contributed by atoms with Crippen LogP contribution in [0.3, 0.4) is 0 Å². The molecule has 0 saturated carbocycles. The van der Waals surface area contributed by atoms with E-state index in [0.717, 1.165) is 16.7 Å². The van der Waals surface area contributed by atoms with Gasteiger partial charge < -0.3 is 15.1 Å². The summed E-state index contributed by atoms with van der Waals surface area (Å²) in [5.41, 5.74) is 8.02. The van der Waals surface area contributed by atoms with E-state index in [1.165, 1.54) is 6.26 Å². The SMILES string of the molecule is Nc1ccnc2[nH]c(-c3ncco3)cc12. The van der Waals surface area contributed by atoms with Crippen LogP contribution in [0.1, 0.15) is 0 Å². The highest BCUT2D eigenvalue weighted by molar-refractivity contribution is 5.91.